The molecule has 2 aliphatic rings. The summed E-state index contributed by atoms with van der Waals surface area (Å²) in [6.07, 6.45) is 7.12. The number of aliphatic hydroxyl groups excluding tert-OH is 1. The molecule has 1 N–H and O–H groups in total. The van der Waals surface area contributed by atoms with E-state index in [4.69, 9.17) is 4.74 Å². The Morgan fingerprint density at radius 1 is 1.19 bits per heavy atom. The van der Waals surface area contributed by atoms with Gasteiger partial charge in [-0.25, -0.2) is 0 Å². The Morgan fingerprint density at radius 2 is 2.00 bits per heavy atom. The molecule has 3 atom stereocenters. The first-order valence-corrected chi connectivity index (χ1v) is 6.72. The molecule has 0 amide bonds. The van der Waals surface area contributed by atoms with Crippen LogP contribution in [-0.4, -0.2) is 49.0 Å². The zero-order chi connectivity index (χ0) is 11.4. The van der Waals surface area contributed by atoms with E-state index in [9.17, 15) is 5.11 Å². The van der Waals surface area contributed by atoms with Crippen LogP contribution >= 0.6 is 0 Å². The van der Waals surface area contributed by atoms with E-state index in [2.05, 4.69) is 4.90 Å². The summed E-state index contributed by atoms with van der Waals surface area (Å²) in [5, 5.41) is 10.1. The quantitative estimate of drug-likeness (QED) is 0.795. The molecule has 2 fully saturated rings. The molecule has 0 aromatic heterocycles. The molecule has 0 aromatic rings. The van der Waals surface area contributed by atoms with E-state index in [1.807, 2.05) is 0 Å². The number of piperidine rings is 1. The number of hydrogen-bond donors (Lipinski definition) is 1. The highest BCUT2D eigenvalue weighted by molar-refractivity contribution is 4.86. The second-order valence-corrected chi connectivity index (χ2v) is 5.38. The van der Waals surface area contributed by atoms with Crippen molar-refractivity contribution < 1.29 is 9.84 Å². The van der Waals surface area contributed by atoms with Gasteiger partial charge < -0.3 is 9.84 Å². The summed E-state index contributed by atoms with van der Waals surface area (Å²) >= 11 is 0. The van der Waals surface area contributed by atoms with Crippen molar-refractivity contribution in [1.82, 2.24) is 4.90 Å². The van der Waals surface area contributed by atoms with Crippen LogP contribution in [0.15, 0.2) is 0 Å². The Bertz CT molecular complexity index is 208. The normalized spacial score (nSPS) is 37.5. The van der Waals surface area contributed by atoms with Crippen molar-refractivity contribution in [2.24, 2.45) is 5.92 Å². The SMILES string of the molecule is COCC1CCCN([C@@H]2CCCC[C@H]2O)C1. The first-order chi connectivity index (χ1) is 7.81. The van der Waals surface area contributed by atoms with Gasteiger partial charge >= 0.3 is 0 Å². The van der Waals surface area contributed by atoms with Crippen molar-refractivity contribution in [2.45, 2.75) is 50.7 Å². The van der Waals surface area contributed by atoms with E-state index in [1.54, 1.807) is 7.11 Å². The molecular formula is C13H25NO2. The maximum absolute atomic E-state index is 10.1. The summed E-state index contributed by atoms with van der Waals surface area (Å²) in [5.41, 5.74) is 0. The zero-order valence-electron chi connectivity index (χ0n) is 10.4. The summed E-state index contributed by atoms with van der Waals surface area (Å²) in [4.78, 5) is 2.51. The maximum Gasteiger partial charge on any atom is 0.0695 e. The van der Waals surface area contributed by atoms with Crippen LogP contribution < -0.4 is 0 Å². The van der Waals surface area contributed by atoms with Gasteiger partial charge in [-0.05, 0) is 38.1 Å². The van der Waals surface area contributed by atoms with Crippen molar-refractivity contribution in [1.29, 1.82) is 0 Å². The van der Waals surface area contributed by atoms with Gasteiger partial charge in [-0.15, -0.1) is 0 Å². The molecule has 0 spiro atoms. The number of ether oxygens (including phenoxy) is 1. The second kappa shape index (κ2) is 5.99. The first-order valence-electron chi connectivity index (χ1n) is 6.72. The smallest absolute Gasteiger partial charge is 0.0695 e. The van der Waals surface area contributed by atoms with Crippen molar-refractivity contribution in [3.8, 4) is 0 Å². The maximum atomic E-state index is 10.1. The monoisotopic (exact) mass is 227 g/mol. The van der Waals surface area contributed by atoms with Crippen LogP contribution in [0.5, 0.6) is 0 Å². The topological polar surface area (TPSA) is 32.7 Å². The van der Waals surface area contributed by atoms with Crippen LogP contribution in [-0.2, 0) is 4.74 Å². The molecule has 2 rings (SSSR count). The van der Waals surface area contributed by atoms with Crippen LogP contribution in [0.2, 0.25) is 0 Å². The summed E-state index contributed by atoms with van der Waals surface area (Å²) in [6.45, 7) is 3.16. The average molecular weight is 227 g/mol. The molecule has 1 aliphatic heterocycles. The van der Waals surface area contributed by atoms with E-state index in [0.717, 1.165) is 19.6 Å². The average Bonchev–Trinajstić information content (AvgIpc) is 2.30. The minimum Gasteiger partial charge on any atom is -0.391 e. The Kier molecular flexibility index (Phi) is 4.62. The summed E-state index contributed by atoms with van der Waals surface area (Å²) in [5.74, 6) is 0.674. The van der Waals surface area contributed by atoms with Crippen molar-refractivity contribution in [3.63, 3.8) is 0 Å². The van der Waals surface area contributed by atoms with Crippen LogP contribution in [0.25, 0.3) is 0 Å². The number of hydrogen-bond acceptors (Lipinski definition) is 3. The lowest BCUT2D eigenvalue weighted by Crippen LogP contribution is -2.50. The third-order valence-corrected chi connectivity index (χ3v) is 4.12. The Balaban J connectivity index is 1.87. The van der Waals surface area contributed by atoms with Gasteiger partial charge in [0, 0.05) is 19.7 Å². The predicted octanol–water partition coefficient (Wildman–Crippen LogP) is 1.65. The molecule has 16 heavy (non-hydrogen) atoms. The van der Waals surface area contributed by atoms with Crippen molar-refractivity contribution in [3.05, 3.63) is 0 Å². The highest BCUT2D eigenvalue weighted by Crippen LogP contribution is 2.27. The van der Waals surface area contributed by atoms with E-state index >= 15 is 0 Å². The largest absolute Gasteiger partial charge is 0.391 e. The lowest BCUT2D eigenvalue weighted by Gasteiger charge is -2.42. The fourth-order valence-corrected chi connectivity index (χ4v) is 3.29. The highest BCUT2D eigenvalue weighted by Gasteiger charge is 2.31. The third-order valence-electron chi connectivity index (χ3n) is 4.12. The van der Waals surface area contributed by atoms with E-state index in [1.165, 1.54) is 38.6 Å². The standard InChI is InChI=1S/C13H25NO2/c1-16-10-11-5-4-8-14(9-11)12-6-2-3-7-13(12)15/h11-13,15H,2-10H2,1H3/t11?,12-,13-/m1/s1. The van der Waals surface area contributed by atoms with Gasteiger partial charge in [-0.1, -0.05) is 12.8 Å². The lowest BCUT2D eigenvalue weighted by molar-refractivity contribution is -0.00989. The van der Waals surface area contributed by atoms with Gasteiger partial charge in [-0.3, -0.25) is 4.90 Å². The molecule has 3 heteroatoms. The van der Waals surface area contributed by atoms with E-state index in [0.29, 0.717) is 12.0 Å². The number of likely N-dealkylation sites (tertiary alicyclic amines) is 1. The number of rotatable bonds is 3. The highest BCUT2D eigenvalue weighted by atomic mass is 16.5. The molecule has 1 saturated carbocycles. The molecule has 0 radical (unpaired) electrons. The fourth-order valence-electron chi connectivity index (χ4n) is 3.29. The van der Waals surface area contributed by atoms with Crippen LogP contribution in [0.4, 0.5) is 0 Å². The lowest BCUT2D eigenvalue weighted by atomic mass is 9.88. The van der Waals surface area contributed by atoms with Gasteiger partial charge in [0.15, 0.2) is 0 Å². The van der Waals surface area contributed by atoms with Crippen molar-refractivity contribution in [2.75, 3.05) is 26.8 Å². The zero-order valence-corrected chi connectivity index (χ0v) is 10.4. The molecule has 3 nitrogen and oxygen atoms in total. The third kappa shape index (κ3) is 2.96. The van der Waals surface area contributed by atoms with E-state index < -0.39 is 0 Å². The molecular weight excluding hydrogens is 202 g/mol. The van der Waals surface area contributed by atoms with Gasteiger partial charge in [0.25, 0.3) is 0 Å². The van der Waals surface area contributed by atoms with Gasteiger partial charge in [0.1, 0.15) is 0 Å². The number of nitrogens with zero attached hydrogens (tertiary/aromatic N) is 1. The minimum absolute atomic E-state index is 0.0879. The molecule has 1 saturated heterocycles. The first kappa shape index (κ1) is 12.3. The molecule has 0 aromatic carbocycles. The molecule has 1 aliphatic carbocycles. The summed E-state index contributed by atoms with van der Waals surface area (Å²) in [6, 6.07) is 0.424. The predicted molar refractivity (Wildman–Crippen MR) is 64.4 cm³/mol. The second-order valence-electron chi connectivity index (χ2n) is 5.38. The number of aliphatic hydroxyl groups is 1. The Labute approximate surface area is 98.8 Å². The Hall–Kier alpha value is -0.120. The van der Waals surface area contributed by atoms with Gasteiger partial charge in [0.05, 0.1) is 12.7 Å². The number of methoxy groups -OCH3 is 1. The van der Waals surface area contributed by atoms with E-state index in [-0.39, 0.29) is 6.10 Å². The minimum atomic E-state index is -0.0879. The summed E-state index contributed by atoms with van der Waals surface area (Å²) < 4.78 is 5.25. The molecule has 94 valence electrons. The molecule has 1 heterocycles. The fraction of sp³-hybridized carbons (Fsp3) is 1.00. The molecule has 0 bridgehead atoms. The van der Waals surface area contributed by atoms with Crippen LogP contribution in [0.1, 0.15) is 38.5 Å². The van der Waals surface area contributed by atoms with Gasteiger partial charge in [-0.2, -0.15) is 0 Å². The summed E-state index contributed by atoms with van der Waals surface area (Å²) in [7, 11) is 1.79. The van der Waals surface area contributed by atoms with Gasteiger partial charge in [0.2, 0.25) is 0 Å². The molecule has 1 unspecified atom stereocenters. The van der Waals surface area contributed by atoms with Crippen LogP contribution in [0, 0.1) is 5.92 Å². The van der Waals surface area contributed by atoms with Crippen molar-refractivity contribution >= 4 is 0 Å². The Morgan fingerprint density at radius 3 is 2.75 bits per heavy atom. The van der Waals surface area contributed by atoms with Crippen LogP contribution in [0.3, 0.4) is 0 Å².